The van der Waals surface area contributed by atoms with Crippen LogP contribution in [0.25, 0.3) is 0 Å². The van der Waals surface area contributed by atoms with Gasteiger partial charge in [-0.3, -0.25) is 0 Å². The number of hydrogen-bond acceptors (Lipinski definition) is 4. The Labute approximate surface area is 115 Å². The van der Waals surface area contributed by atoms with Crippen LogP contribution in [0.5, 0.6) is 5.75 Å². The van der Waals surface area contributed by atoms with Crippen LogP contribution >= 0.6 is 0 Å². The Balaban J connectivity index is 2.43. The normalized spacial score (nSPS) is 12.4. The second-order valence-corrected chi connectivity index (χ2v) is 8.35. The summed E-state index contributed by atoms with van der Waals surface area (Å²) in [7, 11) is -3.06. The zero-order valence-corrected chi connectivity index (χ0v) is 12.7. The number of rotatable bonds is 6. The summed E-state index contributed by atoms with van der Waals surface area (Å²) in [5.41, 5.74) is 6.54. The highest BCUT2D eigenvalue weighted by molar-refractivity contribution is 7.92. The third kappa shape index (κ3) is 4.84. The maximum absolute atomic E-state index is 11.9. The fraction of sp³-hybridized carbons (Fsp3) is 0.571. The summed E-state index contributed by atoms with van der Waals surface area (Å²) in [4.78, 5) is 0. The third-order valence-electron chi connectivity index (χ3n) is 2.89. The molecule has 1 aromatic carbocycles. The van der Waals surface area contributed by atoms with E-state index in [1.165, 1.54) is 0 Å². The first-order valence-corrected chi connectivity index (χ1v) is 8.05. The largest absolute Gasteiger partial charge is 0.494 e. The zero-order valence-electron chi connectivity index (χ0n) is 11.8. The quantitative estimate of drug-likeness (QED) is 0.813. The lowest BCUT2D eigenvalue weighted by atomic mass is 10.2. The van der Waals surface area contributed by atoms with E-state index in [-0.39, 0.29) is 5.75 Å². The summed E-state index contributed by atoms with van der Waals surface area (Å²) in [6.07, 6.45) is 0.493. The van der Waals surface area contributed by atoms with Crippen molar-refractivity contribution in [2.45, 2.75) is 38.5 Å². The molecule has 0 aliphatic carbocycles. The van der Waals surface area contributed by atoms with E-state index in [0.29, 0.717) is 19.6 Å². The molecule has 0 heterocycles. The van der Waals surface area contributed by atoms with Crippen LogP contribution in [0.1, 0.15) is 32.8 Å². The molecule has 19 heavy (non-hydrogen) atoms. The standard InChI is InChI=1S/C14H23NO3S/c1-14(2,3)19(16,17)9-5-8-18-13-7-4-6-12(10-13)11-15/h4,6-7,10H,5,8-9,11,15H2,1-3H3. The number of hydrogen-bond donors (Lipinski definition) is 1. The Hall–Kier alpha value is -1.07. The van der Waals surface area contributed by atoms with Crippen LogP contribution in [0.2, 0.25) is 0 Å². The molecule has 0 amide bonds. The summed E-state index contributed by atoms with van der Waals surface area (Å²) in [6.45, 7) is 6.01. The van der Waals surface area contributed by atoms with Crippen LogP contribution < -0.4 is 10.5 Å². The number of ether oxygens (including phenoxy) is 1. The molecule has 0 aliphatic heterocycles. The minimum absolute atomic E-state index is 0.146. The van der Waals surface area contributed by atoms with E-state index in [4.69, 9.17) is 10.5 Å². The molecular formula is C14H23NO3S. The predicted molar refractivity (Wildman–Crippen MR) is 78.0 cm³/mol. The molecule has 0 aromatic heterocycles. The van der Waals surface area contributed by atoms with Crippen LogP contribution in [-0.2, 0) is 16.4 Å². The fourth-order valence-corrected chi connectivity index (χ4v) is 2.62. The monoisotopic (exact) mass is 285 g/mol. The molecule has 0 bridgehead atoms. The van der Waals surface area contributed by atoms with Gasteiger partial charge in [-0.05, 0) is 44.9 Å². The van der Waals surface area contributed by atoms with Gasteiger partial charge < -0.3 is 10.5 Å². The lowest BCUT2D eigenvalue weighted by molar-refractivity contribution is 0.317. The van der Waals surface area contributed by atoms with Gasteiger partial charge in [0.1, 0.15) is 5.75 Å². The van der Waals surface area contributed by atoms with Gasteiger partial charge in [0.15, 0.2) is 9.84 Å². The first-order valence-electron chi connectivity index (χ1n) is 6.40. The van der Waals surface area contributed by atoms with E-state index in [1.54, 1.807) is 20.8 Å². The van der Waals surface area contributed by atoms with Crippen molar-refractivity contribution in [2.75, 3.05) is 12.4 Å². The van der Waals surface area contributed by atoms with Crippen molar-refractivity contribution in [3.63, 3.8) is 0 Å². The minimum atomic E-state index is -3.06. The summed E-state index contributed by atoms with van der Waals surface area (Å²) in [5.74, 6) is 0.878. The number of benzene rings is 1. The second-order valence-electron chi connectivity index (χ2n) is 5.48. The highest BCUT2D eigenvalue weighted by atomic mass is 32.2. The maximum atomic E-state index is 11.9. The SMILES string of the molecule is CC(C)(C)S(=O)(=O)CCCOc1cccc(CN)c1. The Kier molecular flexibility index (Phi) is 5.38. The van der Waals surface area contributed by atoms with Gasteiger partial charge >= 0.3 is 0 Å². The Bertz CT molecular complexity index is 504. The molecule has 4 nitrogen and oxygen atoms in total. The van der Waals surface area contributed by atoms with Gasteiger partial charge in [-0.25, -0.2) is 8.42 Å². The Morgan fingerprint density at radius 2 is 1.95 bits per heavy atom. The van der Waals surface area contributed by atoms with Gasteiger partial charge in [-0.15, -0.1) is 0 Å². The molecule has 0 unspecified atom stereocenters. The molecule has 2 N–H and O–H groups in total. The molecule has 5 heteroatoms. The molecule has 1 aromatic rings. The summed E-state index contributed by atoms with van der Waals surface area (Å²) < 4.78 is 28.6. The average Bonchev–Trinajstić information content (AvgIpc) is 2.33. The lowest BCUT2D eigenvalue weighted by Gasteiger charge is -2.19. The van der Waals surface area contributed by atoms with E-state index >= 15 is 0 Å². The van der Waals surface area contributed by atoms with Crippen LogP contribution in [0, 0.1) is 0 Å². The topological polar surface area (TPSA) is 69.4 Å². The first-order chi connectivity index (χ1) is 8.76. The highest BCUT2D eigenvalue weighted by Crippen LogP contribution is 2.17. The molecule has 0 radical (unpaired) electrons. The van der Waals surface area contributed by atoms with E-state index in [0.717, 1.165) is 11.3 Å². The molecule has 0 saturated heterocycles. The van der Waals surface area contributed by atoms with Gasteiger partial charge in [-0.1, -0.05) is 12.1 Å². The van der Waals surface area contributed by atoms with E-state index in [2.05, 4.69) is 0 Å². The molecule has 1 rings (SSSR count). The molecular weight excluding hydrogens is 262 g/mol. The van der Waals surface area contributed by atoms with Gasteiger partial charge in [-0.2, -0.15) is 0 Å². The zero-order chi connectivity index (χ0) is 14.5. The van der Waals surface area contributed by atoms with Crippen LogP contribution in [-0.4, -0.2) is 25.5 Å². The van der Waals surface area contributed by atoms with Gasteiger partial charge in [0.05, 0.1) is 17.1 Å². The first kappa shape index (κ1) is 16.0. The van der Waals surface area contributed by atoms with E-state index in [9.17, 15) is 8.42 Å². The van der Waals surface area contributed by atoms with Crippen molar-refractivity contribution in [1.29, 1.82) is 0 Å². The summed E-state index contributed by atoms with van der Waals surface area (Å²) >= 11 is 0. The van der Waals surface area contributed by atoms with Gasteiger partial charge in [0.2, 0.25) is 0 Å². The van der Waals surface area contributed by atoms with E-state index in [1.807, 2.05) is 24.3 Å². The van der Waals surface area contributed by atoms with Crippen molar-refractivity contribution >= 4 is 9.84 Å². The highest BCUT2D eigenvalue weighted by Gasteiger charge is 2.28. The molecule has 0 aliphatic rings. The van der Waals surface area contributed by atoms with Crippen LogP contribution in [0.15, 0.2) is 24.3 Å². The molecule has 0 spiro atoms. The number of sulfone groups is 1. The van der Waals surface area contributed by atoms with Crippen LogP contribution in [0.3, 0.4) is 0 Å². The second kappa shape index (κ2) is 6.39. The Morgan fingerprint density at radius 3 is 2.53 bits per heavy atom. The molecule has 108 valence electrons. The molecule has 0 atom stereocenters. The lowest BCUT2D eigenvalue weighted by Crippen LogP contribution is -2.30. The Morgan fingerprint density at radius 1 is 1.26 bits per heavy atom. The number of nitrogens with two attached hydrogens (primary N) is 1. The average molecular weight is 285 g/mol. The molecule has 0 saturated carbocycles. The van der Waals surface area contributed by atoms with Gasteiger partial charge in [0.25, 0.3) is 0 Å². The maximum Gasteiger partial charge on any atom is 0.155 e. The summed E-state index contributed by atoms with van der Waals surface area (Å²) in [6, 6.07) is 7.52. The third-order valence-corrected chi connectivity index (χ3v) is 5.59. The predicted octanol–water partition coefficient (Wildman–Crippen LogP) is 2.13. The van der Waals surface area contributed by atoms with Crippen LogP contribution in [0.4, 0.5) is 0 Å². The van der Waals surface area contributed by atoms with Crippen molar-refractivity contribution in [3.8, 4) is 5.75 Å². The fourth-order valence-electron chi connectivity index (χ4n) is 1.51. The smallest absolute Gasteiger partial charge is 0.155 e. The van der Waals surface area contributed by atoms with Crippen molar-refractivity contribution in [2.24, 2.45) is 5.73 Å². The minimum Gasteiger partial charge on any atom is -0.494 e. The van der Waals surface area contributed by atoms with Crippen molar-refractivity contribution in [3.05, 3.63) is 29.8 Å². The van der Waals surface area contributed by atoms with Gasteiger partial charge in [0, 0.05) is 6.54 Å². The summed E-state index contributed by atoms with van der Waals surface area (Å²) in [5, 5.41) is 0. The molecule has 0 fully saturated rings. The van der Waals surface area contributed by atoms with E-state index < -0.39 is 14.6 Å². The van der Waals surface area contributed by atoms with Crippen molar-refractivity contribution in [1.82, 2.24) is 0 Å². The van der Waals surface area contributed by atoms with Crippen molar-refractivity contribution < 1.29 is 13.2 Å².